The highest BCUT2D eigenvalue weighted by molar-refractivity contribution is 5.84. The summed E-state index contributed by atoms with van der Waals surface area (Å²) in [5.41, 5.74) is 9.70. The van der Waals surface area contributed by atoms with Crippen molar-refractivity contribution in [3.05, 3.63) is 35.5 Å². The molecular weight excluding hydrogens is 342 g/mol. The van der Waals surface area contributed by atoms with Crippen LogP contribution in [-0.4, -0.2) is 54.2 Å². The molecule has 3 rings (SSSR count). The lowest BCUT2D eigenvalue weighted by atomic mass is 10.1. The zero-order chi connectivity index (χ0) is 19.2. The van der Waals surface area contributed by atoms with Crippen LogP contribution in [0.2, 0.25) is 0 Å². The molecule has 1 aliphatic rings. The molecule has 1 aliphatic heterocycles. The predicted octanol–water partition coefficient (Wildman–Crippen LogP) is 2.54. The molecule has 0 atom stereocenters. The highest BCUT2D eigenvalue weighted by atomic mass is 16.6. The maximum Gasteiger partial charge on any atom is 0.409 e. The zero-order valence-corrected chi connectivity index (χ0v) is 16.1. The molecule has 1 saturated heterocycles. The Bertz CT molecular complexity index is 806. The van der Waals surface area contributed by atoms with Crippen molar-refractivity contribution in [1.29, 1.82) is 0 Å². The Morgan fingerprint density at radius 1 is 1.37 bits per heavy atom. The van der Waals surface area contributed by atoms with Gasteiger partial charge in [0.05, 0.1) is 6.61 Å². The van der Waals surface area contributed by atoms with Gasteiger partial charge >= 0.3 is 6.09 Å². The van der Waals surface area contributed by atoms with Gasteiger partial charge in [0.15, 0.2) is 5.96 Å². The van der Waals surface area contributed by atoms with Crippen molar-refractivity contribution in [3.8, 4) is 0 Å². The molecule has 0 unspecified atom stereocenters. The first kappa shape index (κ1) is 19.1. The number of aromatic amines is 1. The van der Waals surface area contributed by atoms with E-state index in [1.54, 1.807) is 4.90 Å². The van der Waals surface area contributed by atoms with Crippen LogP contribution >= 0.6 is 0 Å². The fourth-order valence-corrected chi connectivity index (χ4v) is 3.62. The maximum atomic E-state index is 11.7. The number of aromatic nitrogens is 1. The van der Waals surface area contributed by atoms with Gasteiger partial charge in [-0.25, -0.2) is 4.79 Å². The third-order valence-corrected chi connectivity index (χ3v) is 5.04. The van der Waals surface area contributed by atoms with E-state index in [0.29, 0.717) is 32.2 Å². The topological polar surface area (TPSA) is 95.7 Å². The third-order valence-electron chi connectivity index (χ3n) is 5.04. The summed E-state index contributed by atoms with van der Waals surface area (Å²) in [5.74, 6) is 0.474. The molecule has 0 spiro atoms. The predicted molar refractivity (Wildman–Crippen MR) is 108 cm³/mol. The van der Waals surface area contributed by atoms with Crippen LogP contribution in [0, 0.1) is 6.92 Å². The van der Waals surface area contributed by atoms with Gasteiger partial charge in [0.2, 0.25) is 0 Å². The number of rotatable bonds is 5. The van der Waals surface area contributed by atoms with Crippen LogP contribution in [-0.2, 0) is 11.2 Å². The minimum atomic E-state index is -0.230. The Hall–Kier alpha value is -2.70. The lowest BCUT2D eigenvalue weighted by Gasteiger charge is -2.31. The summed E-state index contributed by atoms with van der Waals surface area (Å²) in [7, 11) is 0. The fourth-order valence-electron chi connectivity index (χ4n) is 3.62. The molecule has 1 aromatic carbocycles. The Morgan fingerprint density at radius 3 is 2.85 bits per heavy atom. The van der Waals surface area contributed by atoms with E-state index in [1.807, 2.05) is 13.0 Å². The molecule has 7 nitrogen and oxygen atoms in total. The van der Waals surface area contributed by atoms with Crippen LogP contribution in [0.5, 0.6) is 0 Å². The van der Waals surface area contributed by atoms with Gasteiger partial charge in [-0.1, -0.05) is 18.2 Å². The number of aliphatic imine (C=N–C) groups is 1. The van der Waals surface area contributed by atoms with E-state index < -0.39 is 0 Å². The molecule has 146 valence electrons. The number of H-pyrrole nitrogens is 1. The molecule has 1 aromatic heterocycles. The van der Waals surface area contributed by atoms with Gasteiger partial charge < -0.3 is 25.7 Å². The van der Waals surface area contributed by atoms with Gasteiger partial charge in [-0.15, -0.1) is 0 Å². The van der Waals surface area contributed by atoms with E-state index in [1.165, 1.54) is 16.6 Å². The quantitative estimate of drug-likeness (QED) is 0.556. The molecule has 0 bridgehead atoms. The second-order valence-electron chi connectivity index (χ2n) is 6.90. The molecule has 1 amide bonds. The second-order valence-corrected chi connectivity index (χ2v) is 6.90. The maximum absolute atomic E-state index is 11.7. The second kappa shape index (κ2) is 8.79. The van der Waals surface area contributed by atoms with Gasteiger partial charge in [-0.3, -0.25) is 4.99 Å². The Balaban J connectivity index is 1.48. The molecular formula is C20H29N5O2. The largest absolute Gasteiger partial charge is 0.450 e. The first-order valence-electron chi connectivity index (χ1n) is 9.62. The van der Waals surface area contributed by atoms with Crippen molar-refractivity contribution in [1.82, 2.24) is 15.2 Å². The summed E-state index contributed by atoms with van der Waals surface area (Å²) < 4.78 is 5.04. The molecule has 0 radical (unpaired) electrons. The number of nitrogens with one attached hydrogen (secondary N) is 2. The number of fused-ring (bicyclic) bond motifs is 1. The van der Waals surface area contributed by atoms with Crippen molar-refractivity contribution < 1.29 is 9.53 Å². The van der Waals surface area contributed by atoms with Gasteiger partial charge in [0.1, 0.15) is 0 Å². The number of amides is 1. The van der Waals surface area contributed by atoms with Gasteiger partial charge in [-0.2, -0.15) is 0 Å². The van der Waals surface area contributed by atoms with Gasteiger partial charge in [0, 0.05) is 42.3 Å². The smallest absolute Gasteiger partial charge is 0.409 e. The number of ether oxygens (including phenoxy) is 1. The van der Waals surface area contributed by atoms with Crippen LogP contribution in [0.1, 0.15) is 31.0 Å². The number of likely N-dealkylation sites (tertiary alicyclic amines) is 1. The summed E-state index contributed by atoms with van der Waals surface area (Å²) >= 11 is 0. The summed E-state index contributed by atoms with van der Waals surface area (Å²) in [4.78, 5) is 21.4. The van der Waals surface area contributed by atoms with Gasteiger partial charge in [0.25, 0.3) is 0 Å². The van der Waals surface area contributed by atoms with E-state index in [-0.39, 0.29) is 12.1 Å². The number of piperidine rings is 1. The highest BCUT2D eigenvalue weighted by Crippen LogP contribution is 2.22. The number of aryl methyl sites for hydroxylation is 1. The van der Waals surface area contributed by atoms with Crippen LogP contribution in [0.25, 0.3) is 10.9 Å². The SMILES string of the molecule is CCOC(=O)N1CCC(NC(N)=NCCc2c(C)[nH]c3ccccc23)CC1. The van der Waals surface area contributed by atoms with Crippen molar-refractivity contribution in [3.63, 3.8) is 0 Å². The molecule has 2 aromatic rings. The number of nitrogens with zero attached hydrogens (tertiary/aromatic N) is 2. The average molecular weight is 371 g/mol. The number of benzene rings is 1. The molecule has 0 aliphatic carbocycles. The van der Waals surface area contributed by atoms with Crippen LogP contribution < -0.4 is 11.1 Å². The summed E-state index contributed by atoms with van der Waals surface area (Å²) in [6.45, 7) is 6.32. The Kier molecular flexibility index (Phi) is 6.21. The first-order chi connectivity index (χ1) is 13.1. The summed E-state index contributed by atoms with van der Waals surface area (Å²) in [6.07, 6.45) is 2.30. The lowest BCUT2D eigenvalue weighted by molar-refractivity contribution is 0.0963. The summed E-state index contributed by atoms with van der Waals surface area (Å²) in [5, 5.41) is 4.54. The number of para-hydroxylation sites is 1. The normalized spacial score (nSPS) is 15.9. The van der Waals surface area contributed by atoms with Crippen molar-refractivity contribution in [2.45, 2.75) is 39.2 Å². The molecule has 27 heavy (non-hydrogen) atoms. The minimum absolute atomic E-state index is 0.230. The zero-order valence-electron chi connectivity index (χ0n) is 16.1. The van der Waals surface area contributed by atoms with E-state index in [0.717, 1.165) is 24.8 Å². The van der Waals surface area contributed by atoms with Crippen LogP contribution in [0.4, 0.5) is 4.79 Å². The molecule has 1 fully saturated rings. The number of nitrogens with two attached hydrogens (primary N) is 1. The minimum Gasteiger partial charge on any atom is -0.450 e. The average Bonchev–Trinajstić information content (AvgIpc) is 2.98. The number of carbonyl (C=O) groups excluding carboxylic acids is 1. The Morgan fingerprint density at radius 2 is 2.11 bits per heavy atom. The molecule has 2 heterocycles. The van der Waals surface area contributed by atoms with Gasteiger partial charge in [-0.05, 0) is 44.7 Å². The van der Waals surface area contributed by atoms with E-state index in [4.69, 9.17) is 10.5 Å². The standard InChI is InChI=1S/C20H29N5O2/c1-3-27-20(26)25-12-9-15(10-13-25)24-19(21)22-11-8-16-14(2)23-18-7-5-4-6-17(16)18/h4-7,15,23H,3,8-13H2,1-2H3,(H3,21,22,24). The Labute approximate surface area is 160 Å². The first-order valence-corrected chi connectivity index (χ1v) is 9.62. The molecule has 4 N–H and O–H groups in total. The van der Waals surface area contributed by atoms with E-state index in [9.17, 15) is 4.79 Å². The van der Waals surface area contributed by atoms with Crippen molar-refractivity contribution >= 4 is 23.0 Å². The van der Waals surface area contributed by atoms with Crippen LogP contribution in [0.3, 0.4) is 0 Å². The highest BCUT2D eigenvalue weighted by Gasteiger charge is 2.23. The van der Waals surface area contributed by atoms with Crippen molar-refractivity contribution in [2.75, 3.05) is 26.2 Å². The molecule has 0 saturated carbocycles. The number of carbonyl (C=O) groups is 1. The lowest BCUT2D eigenvalue weighted by Crippen LogP contribution is -2.48. The number of hydrogen-bond acceptors (Lipinski definition) is 3. The number of guanidine groups is 1. The summed E-state index contributed by atoms with van der Waals surface area (Å²) in [6, 6.07) is 8.56. The molecule has 7 heteroatoms. The van der Waals surface area contributed by atoms with Crippen LogP contribution in [0.15, 0.2) is 29.3 Å². The van der Waals surface area contributed by atoms with Crippen molar-refractivity contribution in [2.24, 2.45) is 10.7 Å². The van der Waals surface area contributed by atoms with E-state index in [2.05, 4.69) is 40.4 Å². The van der Waals surface area contributed by atoms with E-state index >= 15 is 0 Å². The third kappa shape index (κ3) is 4.72. The number of hydrogen-bond donors (Lipinski definition) is 3. The monoisotopic (exact) mass is 371 g/mol. The fraction of sp³-hybridized carbons (Fsp3) is 0.500.